The van der Waals surface area contributed by atoms with E-state index in [-0.39, 0.29) is 5.97 Å². The van der Waals surface area contributed by atoms with Gasteiger partial charge in [0.15, 0.2) is 0 Å². The first kappa shape index (κ1) is 11.9. The van der Waals surface area contributed by atoms with Crippen LogP contribution in [0.2, 0.25) is 0 Å². The molecule has 4 heteroatoms. The summed E-state index contributed by atoms with van der Waals surface area (Å²) in [6.45, 7) is 4.61. The van der Waals surface area contributed by atoms with Crippen LogP contribution in [0.4, 0.5) is 0 Å². The van der Waals surface area contributed by atoms with Crippen molar-refractivity contribution in [3.8, 4) is 5.75 Å². The summed E-state index contributed by atoms with van der Waals surface area (Å²) in [5.41, 5.74) is 0.491. The lowest BCUT2D eigenvalue weighted by molar-refractivity contribution is 0.0526. The highest BCUT2D eigenvalue weighted by Gasteiger charge is 2.08. The Kier molecular flexibility index (Phi) is 4.49. The molecule has 0 saturated heterocycles. The second-order valence-electron chi connectivity index (χ2n) is 2.84. The Hall–Kier alpha value is -1.16. The molecule has 0 amide bonds. The predicted molar refractivity (Wildman–Crippen MR) is 60.8 cm³/mol. The first-order valence-electron chi connectivity index (χ1n) is 4.82. The van der Waals surface area contributed by atoms with Gasteiger partial charge in [-0.05, 0) is 32.0 Å². The van der Waals surface area contributed by atoms with Gasteiger partial charge in [-0.3, -0.25) is 0 Å². The number of rotatable bonds is 4. The molecule has 3 nitrogen and oxygen atoms in total. The molecular formula is C11H14O3S. The second kappa shape index (κ2) is 5.66. The summed E-state index contributed by atoms with van der Waals surface area (Å²) in [4.78, 5) is 12.0. The van der Waals surface area contributed by atoms with Gasteiger partial charge in [-0.1, -0.05) is 0 Å². The lowest BCUT2D eigenvalue weighted by Gasteiger charge is -2.07. The average molecular weight is 226 g/mol. The first-order chi connectivity index (χ1) is 7.19. The number of thiol groups is 1. The third kappa shape index (κ3) is 3.16. The zero-order valence-electron chi connectivity index (χ0n) is 8.82. The first-order valence-corrected chi connectivity index (χ1v) is 5.26. The van der Waals surface area contributed by atoms with Crippen LogP contribution < -0.4 is 4.74 Å². The molecule has 0 aliphatic heterocycles. The van der Waals surface area contributed by atoms with E-state index < -0.39 is 0 Å². The molecular weight excluding hydrogens is 212 g/mol. The smallest absolute Gasteiger partial charge is 0.338 e. The van der Waals surface area contributed by atoms with Gasteiger partial charge in [-0.15, -0.1) is 12.6 Å². The van der Waals surface area contributed by atoms with Gasteiger partial charge in [0, 0.05) is 4.90 Å². The van der Waals surface area contributed by atoms with Gasteiger partial charge in [0.2, 0.25) is 0 Å². The van der Waals surface area contributed by atoms with Gasteiger partial charge in [0.25, 0.3) is 0 Å². The molecule has 0 aromatic heterocycles. The molecule has 0 spiro atoms. The number of ether oxygens (including phenoxy) is 2. The lowest BCUT2D eigenvalue weighted by atomic mass is 10.2. The molecule has 0 aliphatic carbocycles. The molecule has 0 N–H and O–H groups in total. The Morgan fingerprint density at radius 1 is 1.33 bits per heavy atom. The van der Waals surface area contributed by atoms with Crippen LogP contribution in [0.5, 0.6) is 5.75 Å². The fourth-order valence-corrected chi connectivity index (χ4v) is 1.41. The number of esters is 1. The van der Waals surface area contributed by atoms with Crippen molar-refractivity contribution in [2.45, 2.75) is 18.7 Å². The molecule has 1 aromatic carbocycles. The minimum Gasteiger partial charge on any atom is -0.493 e. The molecule has 0 saturated carbocycles. The summed E-state index contributed by atoms with van der Waals surface area (Å²) in [6, 6.07) is 5.03. The summed E-state index contributed by atoms with van der Waals surface area (Å²) in [5, 5.41) is 0. The molecule has 0 aliphatic rings. The van der Waals surface area contributed by atoms with Crippen molar-refractivity contribution in [3.05, 3.63) is 23.8 Å². The van der Waals surface area contributed by atoms with Crippen LogP contribution >= 0.6 is 12.6 Å². The number of benzene rings is 1. The van der Waals surface area contributed by atoms with Crippen LogP contribution in [-0.2, 0) is 4.74 Å². The molecule has 1 aromatic rings. The molecule has 0 atom stereocenters. The molecule has 1 rings (SSSR count). The Bertz CT molecular complexity index is 350. The van der Waals surface area contributed by atoms with Crippen LogP contribution in [0.25, 0.3) is 0 Å². The quantitative estimate of drug-likeness (QED) is 0.633. The normalized spacial score (nSPS) is 9.80. The number of hydrogen-bond donors (Lipinski definition) is 1. The summed E-state index contributed by atoms with van der Waals surface area (Å²) in [6.07, 6.45) is 0. The van der Waals surface area contributed by atoms with E-state index in [9.17, 15) is 4.79 Å². The zero-order chi connectivity index (χ0) is 11.3. The van der Waals surface area contributed by atoms with Gasteiger partial charge >= 0.3 is 5.97 Å². The highest BCUT2D eigenvalue weighted by molar-refractivity contribution is 7.80. The second-order valence-corrected chi connectivity index (χ2v) is 3.32. The topological polar surface area (TPSA) is 35.5 Å². The van der Waals surface area contributed by atoms with Crippen molar-refractivity contribution in [1.82, 2.24) is 0 Å². The Morgan fingerprint density at radius 3 is 2.60 bits per heavy atom. The number of carbonyl (C=O) groups is 1. The average Bonchev–Trinajstić information content (AvgIpc) is 2.21. The maximum absolute atomic E-state index is 11.4. The molecule has 0 radical (unpaired) electrons. The fourth-order valence-electron chi connectivity index (χ4n) is 1.14. The fraction of sp³-hybridized carbons (Fsp3) is 0.364. The zero-order valence-corrected chi connectivity index (χ0v) is 9.71. The predicted octanol–water partition coefficient (Wildman–Crippen LogP) is 2.55. The summed E-state index contributed by atoms with van der Waals surface area (Å²) in [5.74, 6) is 0.338. The molecule has 82 valence electrons. The third-order valence-electron chi connectivity index (χ3n) is 1.77. The van der Waals surface area contributed by atoms with Crippen molar-refractivity contribution in [2.24, 2.45) is 0 Å². The van der Waals surface area contributed by atoms with E-state index >= 15 is 0 Å². The van der Waals surface area contributed by atoms with Crippen molar-refractivity contribution in [3.63, 3.8) is 0 Å². The maximum atomic E-state index is 11.4. The third-order valence-corrected chi connectivity index (χ3v) is 2.12. The van der Waals surface area contributed by atoms with E-state index in [1.165, 1.54) is 0 Å². The summed E-state index contributed by atoms with van der Waals surface area (Å²) < 4.78 is 10.2. The van der Waals surface area contributed by atoms with E-state index in [2.05, 4.69) is 12.6 Å². The highest BCUT2D eigenvalue weighted by Crippen LogP contribution is 2.23. The van der Waals surface area contributed by atoms with Crippen molar-refractivity contribution < 1.29 is 14.3 Å². The van der Waals surface area contributed by atoms with Crippen LogP contribution in [-0.4, -0.2) is 19.2 Å². The van der Waals surface area contributed by atoms with Crippen molar-refractivity contribution in [2.75, 3.05) is 13.2 Å². The van der Waals surface area contributed by atoms with Gasteiger partial charge < -0.3 is 9.47 Å². The Balaban J connectivity index is 2.86. The van der Waals surface area contributed by atoms with Gasteiger partial charge in [-0.2, -0.15) is 0 Å². The van der Waals surface area contributed by atoms with Crippen molar-refractivity contribution in [1.29, 1.82) is 0 Å². The Morgan fingerprint density at radius 2 is 2.07 bits per heavy atom. The molecule has 0 fully saturated rings. The van der Waals surface area contributed by atoms with Gasteiger partial charge in [0.1, 0.15) is 5.75 Å². The van der Waals surface area contributed by atoms with E-state index in [1.807, 2.05) is 6.92 Å². The van der Waals surface area contributed by atoms with E-state index in [1.54, 1.807) is 25.1 Å². The standard InChI is InChI=1S/C11H14O3S/c1-3-13-9-6-5-8(7-10(9)15)11(12)14-4-2/h5-7,15H,3-4H2,1-2H3. The SMILES string of the molecule is CCOC(=O)c1ccc(OCC)c(S)c1. The molecule has 0 heterocycles. The van der Waals surface area contributed by atoms with Crippen LogP contribution in [0.3, 0.4) is 0 Å². The highest BCUT2D eigenvalue weighted by atomic mass is 32.1. The van der Waals surface area contributed by atoms with E-state index in [4.69, 9.17) is 9.47 Å². The lowest BCUT2D eigenvalue weighted by Crippen LogP contribution is -2.04. The number of carbonyl (C=O) groups excluding carboxylic acids is 1. The summed E-state index contributed by atoms with van der Waals surface area (Å²) in [7, 11) is 0. The number of hydrogen-bond acceptors (Lipinski definition) is 4. The minimum atomic E-state index is -0.337. The molecule has 0 unspecified atom stereocenters. The van der Waals surface area contributed by atoms with Gasteiger partial charge in [0.05, 0.1) is 18.8 Å². The van der Waals surface area contributed by atoms with Crippen LogP contribution in [0, 0.1) is 0 Å². The van der Waals surface area contributed by atoms with Crippen LogP contribution in [0.1, 0.15) is 24.2 Å². The van der Waals surface area contributed by atoms with E-state index in [0.29, 0.717) is 29.4 Å². The van der Waals surface area contributed by atoms with Crippen LogP contribution in [0.15, 0.2) is 23.1 Å². The largest absolute Gasteiger partial charge is 0.493 e. The molecule has 0 bridgehead atoms. The van der Waals surface area contributed by atoms with Gasteiger partial charge in [-0.25, -0.2) is 4.79 Å². The minimum absolute atomic E-state index is 0.337. The molecule has 15 heavy (non-hydrogen) atoms. The summed E-state index contributed by atoms with van der Waals surface area (Å²) >= 11 is 4.23. The van der Waals surface area contributed by atoms with E-state index in [0.717, 1.165) is 0 Å². The monoisotopic (exact) mass is 226 g/mol. The maximum Gasteiger partial charge on any atom is 0.338 e. The Labute approximate surface area is 94.8 Å². The van der Waals surface area contributed by atoms with Crippen molar-refractivity contribution >= 4 is 18.6 Å².